The molecule has 1 aliphatic carbocycles. The SMILES string of the molecule is COCC1=C2[C@@H](CC/C(C)=C/c3ccc(O)c(F)c3)OC[C@@H]2[C@@H]2C(=O)N(c3ccc(Nc4ccccc4)cc3)C(=O)[C@@H]2C1. The molecule has 2 saturated heterocycles. The molecule has 0 unspecified atom stereocenters. The number of nitrogens with one attached hydrogen (secondary N) is 1. The number of para-hydroxylation sites is 1. The summed E-state index contributed by atoms with van der Waals surface area (Å²) in [7, 11) is 1.64. The highest BCUT2D eigenvalue weighted by Crippen LogP contribution is 2.50. The minimum atomic E-state index is -0.653. The van der Waals surface area contributed by atoms with Gasteiger partial charge in [0.2, 0.25) is 11.8 Å². The van der Waals surface area contributed by atoms with Gasteiger partial charge >= 0.3 is 0 Å². The van der Waals surface area contributed by atoms with E-state index in [1.165, 1.54) is 17.0 Å². The van der Waals surface area contributed by atoms with Crippen LogP contribution in [0.5, 0.6) is 5.75 Å². The smallest absolute Gasteiger partial charge is 0.238 e. The number of anilines is 3. The zero-order chi connectivity index (χ0) is 30.1. The van der Waals surface area contributed by atoms with Gasteiger partial charge in [-0.3, -0.25) is 14.5 Å². The summed E-state index contributed by atoms with van der Waals surface area (Å²) in [5.41, 5.74) is 6.25. The molecular weight excluding hydrogens is 547 g/mol. The van der Waals surface area contributed by atoms with Crippen LogP contribution in [0.1, 0.15) is 31.7 Å². The van der Waals surface area contributed by atoms with E-state index in [4.69, 9.17) is 9.47 Å². The molecule has 3 aromatic rings. The predicted octanol–water partition coefficient (Wildman–Crippen LogP) is 6.63. The zero-order valence-corrected chi connectivity index (χ0v) is 24.3. The Hall–Kier alpha value is -4.27. The number of ether oxygens (including phenoxy) is 2. The van der Waals surface area contributed by atoms with E-state index in [0.29, 0.717) is 43.7 Å². The summed E-state index contributed by atoms with van der Waals surface area (Å²) in [5, 5.41) is 12.8. The molecule has 0 bridgehead atoms. The first-order chi connectivity index (χ1) is 20.8. The first-order valence-electron chi connectivity index (χ1n) is 14.6. The average molecular weight is 583 g/mol. The van der Waals surface area contributed by atoms with Crippen LogP contribution in [0.25, 0.3) is 6.08 Å². The first-order valence-corrected chi connectivity index (χ1v) is 14.6. The molecule has 222 valence electrons. The summed E-state index contributed by atoms with van der Waals surface area (Å²) in [4.78, 5) is 29.0. The van der Waals surface area contributed by atoms with Crippen LogP contribution in [0, 0.1) is 23.6 Å². The van der Waals surface area contributed by atoms with E-state index in [1.807, 2.05) is 67.6 Å². The molecule has 7 nitrogen and oxygen atoms in total. The molecule has 2 heterocycles. The van der Waals surface area contributed by atoms with Crippen molar-refractivity contribution < 1.29 is 28.6 Å². The van der Waals surface area contributed by atoms with Crippen LogP contribution in [0.3, 0.4) is 0 Å². The minimum Gasteiger partial charge on any atom is -0.505 e. The number of hydrogen-bond donors (Lipinski definition) is 2. The summed E-state index contributed by atoms with van der Waals surface area (Å²) < 4.78 is 25.6. The van der Waals surface area contributed by atoms with E-state index in [1.54, 1.807) is 13.2 Å². The molecular formula is C35H35FN2O5. The van der Waals surface area contributed by atoms with Crippen LogP contribution in [0.15, 0.2) is 89.5 Å². The van der Waals surface area contributed by atoms with E-state index in [0.717, 1.165) is 28.1 Å². The van der Waals surface area contributed by atoms with Gasteiger partial charge in [0.1, 0.15) is 0 Å². The number of allylic oxidation sites excluding steroid dienone is 1. The van der Waals surface area contributed by atoms with Crippen molar-refractivity contribution in [1.82, 2.24) is 0 Å². The molecule has 6 rings (SSSR count). The van der Waals surface area contributed by atoms with Crippen molar-refractivity contribution in [2.24, 2.45) is 17.8 Å². The van der Waals surface area contributed by atoms with Crippen LogP contribution in [-0.2, 0) is 19.1 Å². The second kappa shape index (κ2) is 12.1. The Kier molecular flexibility index (Phi) is 8.15. The van der Waals surface area contributed by atoms with Crippen molar-refractivity contribution in [2.75, 3.05) is 30.5 Å². The molecule has 3 aliphatic rings. The third-order valence-electron chi connectivity index (χ3n) is 8.70. The maximum Gasteiger partial charge on any atom is 0.238 e. The van der Waals surface area contributed by atoms with Crippen LogP contribution in [0.4, 0.5) is 21.5 Å². The first kappa shape index (κ1) is 28.8. The number of aromatic hydroxyl groups is 1. The monoisotopic (exact) mass is 582 g/mol. The maximum absolute atomic E-state index is 13.9. The van der Waals surface area contributed by atoms with Crippen LogP contribution in [0.2, 0.25) is 0 Å². The van der Waals surface area contributed by atoms with Crippen molar-refractivity contribution >= 4 is 35.0 Å². The Morgan fingerprint density at radius 1 is 1.05 bits per heavy atom. The van der Waals surface area contributed by atoms with E-state index in [2.05, 4.69) is 5.32 Å². The van der Waals surface area contributed by atoms with E-state index >= 15 is 0 Å². The molecule has 2 N–H and O–H groups in total. The molecule has 43 heavy (non-hydrogen) atoms. The van der Waals surface area contributed by atoms with Gasteiger partial charge in [-0.2, -0.15) is 0 Å². The lowest BCUT2D eigenvalue weighted by Crippen LogP contribution is -2.35. The number of benzene rings is 3. The number of nitrogens with zero attached hydrogens (tertiary/aromatic N) is 1. The summed E-state index contributed by atoms with van der Waals surface area (Å²) in [6, 6.07) is 21.5. The fraction of sp³-hybridized carbons (Fsp3) is 0.314. The summed E-state index contributed by atoms with van der Waals surface area (Å²) in [5.74, 6) is -2.45. The van der Waals surface area contributed by atoms with Crippen molar-refractivity contribution in [3.63, 3.8) is 0 Å². The number of carbonyl (C=O) groups is 2. The molecule has 2 fully saturated rings. The fourth-order valence-corrected chi connectivity index (χ4v) is 6.74. The molecule has 3 aromatic carbocycles. The second-order valence-corrected chi connectivity index (χ2v) is 11.5. The standard InChI is InChI=1S/C35H35FN2O5/c1-21(16-22-9-14-30(39)29(36)17-22)8-15-31-32-23(19-42-2)18-27-33(28(32)20-43-31)35(41)38(34(27)40)26-12-10-25(11-13-26)37-24-6-4-3-5-7-24/h3-7,9-14,16-17,27-28,31,33,37,39H,8,15,18-20H2,1-2H3/b21-16+/t27-,28+,31-,33-/m1/s1. The summed E-state index contributed by atoms with van der Waals surface area (Å²) in [6.07, 6.45) is 3.59. The number of phenols is 1. The van der Waals surface area contributed by atoms with E-state index in [-0.39, 0.29) is 29.6 Å². The fourth-order valence-electron chi connectivity index (χ4n) is 6.74. The van der Waals surface area contributed by atoms with Crippen molar-refractivity contribution in [2.45, 2.75) is 32.3 Å². The highest BCUT2D eigenvalue weighted by molar-refractivity contribution is 6.22. The lowest BCUT2D eigenvalue weighted by molar-refractivity contribution is -0.122. The molecule has 0 spiro atoms. The Morgan fingerprint density at radius 2 is 1.79 bits per heavy atom. The van der Waals surface area contributed by atoms with Crippen molar-refractivity contribution in [3.05, 3.63) is 101 Å². The zero-order valence-electron chi connectivity index (χ0n) is 24.3. The van der Waals surface area contributed by atoms with Gasteiger partial charge in [0, 0.05) is 24.4 Å². The lowest BCUT2D eigenvalue weighted by Gasteiger charge is -2.31. The third-order valence-corrected chi connectivity index (χ3v) is 8.70. The number of phenolic OH excluding ortho intramolecular Hbond substituents is 1. The van der Waals surface area contributed by atoms with Gasteiger partial charge in [-0.25, -0.2) is 4.39 Å². The predicted molar refractivity (Wildman–Crippen MR) is 163 cm³/mol. The minimum absolute atomic E-state index is 0.172. The average Bonchev–Trinajstić information content (AvgIpc) is 3.53. The molecule has 2 amide bonds. The number of carbonyl (C=O) groups excluding carboxylic acids is 2. The van der Waals surface area contributed by atoms with Crippen molar-refractivity contribution in [1.29, 1.82) is 0 Å². The molecule has 4 atom stereocenters. The molecule has 2 aliphatic heterocycles. The maximum atomic E-state index is 13.9. The van der Waals surface area contributed by atoms with Gasteiger partial charge in [0.25, 0.3) is 0 Å². The van der Waals surface area contributed by atoms with Gasteiger partial charge < -0.3 is 19.9 Å². The van der Waals surface area contributed by atoms with E-state index in [9.17, 15) is 19.1 Å². The summed E-state index contributed by atoms with van der Waals surface area (Å²) >= 11 is 0. The largest absolute Gasteiger partial charge is 0.505 e. The Balaban J connectivity index is 1.18. The van der Waals surface area contributed by atoms with E-state index < -0.39 is 17.7 Å². The van der Waals surface area contributed by atoms with Crippen molar-refractivity contribution in [3.8, 4) is 5.75 Å². The van der Waals surface area contributed by atoms with Gasteiger partial charge in [0.05, 0.1) is 36.8 Å². The third kappa shape index (κ3) is 5.72. The number of methoxy groups -OCH3 is 1. The Bertz CT molecular complexity index is 1580. The van der Waals surface area contributed by atoms with Crippen LogP contribution >= 0.6 is 0 Å². The second-order valence-electron chi connectivity index (χ2n) is 11.5. The molecule has 0 aromatic heterocycles. The number of halogens is 1. The highest BCUT2D eigenvalue weighted by atomic mass is 19.1. The molecule has 8 heteroatoms. The normalized spacial score (nSPS) is 23.5. The van der Waals surface area contributed by atoms with Gasteiger partial charge in [-0.15, -0.1) is 0 Å². The number of amides is 2. The van der Waals surface area contributed by atoms with Gasteiger partial charge in [-0.1, -0.05) is 35.9 Å². The lowest BCUT2D eigenvalue weighted by atomic mass is 9.69. The number of hydrogen-bond acceptors (Lipinski definition) is 6. The topological polar surface area (TPSA) is 88.1 Å². The molecule has 0 radical (unpaired) electrons. The summed E-state index contributed by atoms with van der Waals surface area (Å²) in [6.45, 7) is 2.75. The Labute approximate surface area is 250 Å². The highest BCUT2D eigenvalue weighted by Gasteiger charge is 2.57. The number of fused-ring (bicyclic) bond motifs is 3. The number of imide groups is 1. The van der Waals surface area contributed by atoms with Gasteiger partial charge in [0.15, 0.2) is 11.6 Å². The van der Waals surface area contributed by atoms with Crippen LogP contribution < -0.4 is 10.2 Å². The van der Waals surface area contributed by atoms with Crippen LogP contribution in [-0.4, -0.2) is 43.3 Å². The Morgan fingerprint density at radius 3 is 2.51 bits per heavy atom. The number of rotatable bonds is 9. The van der Waals surface area contributed by atoms with Gasteiger partial charge in [-0.05, 0) is 91.4 Å². The quantitative estimate of drug-likeness (QED) is 0.218. The molecule has 0 saturated carbocycles.